The normalized spacial score (nSPS) is 13.9. The van der Waals surface area contributed by atoms with E-state index in [1.54, 1.807) is 0 Å². The SMILES string of the molecule is O=C(C(O)O)[C@@H](O)CO. The van der Waals surface area contributed by atoms with Crippen LogP contribution in [0.5, 0.6) is 0 Å². The van der Waals surface area contributed by atoms with Gasteiger partial charge in [0.05, 0.1) is 6.61 Å². The summed E-state index contributed by atoms with van der Waals surface area (Å²) < 4.78 is 0. The van der Waals surface area contributed by atoms with E-state index in [4.69, 9.17) is 20.4 Å². The van der Waals surface area contributed by atoms with Crippen LogP contribution in [0.4, 0.5) is 0 Å². The fraction of sp³-hybridized carbons (Fsp3) is 0.750. The van der Waals surface area contributed by atoms with Gasteiger partial charge >= 0.3 is 0 Å². The van der Waals surface area contributed by atoms with Gasteiger partial charge in [-0.3, -0.25) is 4.79 Å². The monoisotopic (exact) mass is 136 g/mol. The molecule has 0 aliphatic carbocycles. The highest BCUT2D eigenvalue weighted by molar-refractivity contribution is 5.85. The van der Waals surface area contributed by atoms with E-state index in [0.717, 1.165) is 0 Å². The maximum Gasteiger partial charge on any atom is 0.218 e. The van der Waals surface area contributed by atoms with Crippen molar-refractivity contribution in [2.45, 2.75) is 12.4 Å². The van der Waals surface area contributed by atoms with Gasteiger partial charge in [-0.25, -0.2) is 0 Å². The number of carbonyl (C=O) groups excluding carboxylic acids is 1. The van der Waals surface area contributed by atoms with Crippen LogP contribution in [0.25, 0.3) is 0 Å². The van der Waals surface area contributed by atoms with Crippen LogP contribution in [-0.2, 0) is 4.79 Å². The molecule has 54 valence electrons. The predicted molar refractivity (Wildman–Crippen MR) is 26.3 cm³/mol. The first kappa shape index (κ1) is 8.51. The van der Waals surface area contributed by atoms with E-state index in [0.29, 0.717) is 0 Å². The Bertz CT molecular complexity index is 99.1. The first-order valence-electron chi connectivity index (χ1n) is 2.28. The molecule has 9 heavy (non-hydrogen) atoms. The molecule has 0 unspecified atom stereocenters. The summed E-state index contributed by atoms with van der Waals surface area (Å²) in [6.07, 6.45) is -3.89. The first-order valence-corrected chi connectivity index (χ1v) is 2.28. The third-order valence-electron chi connectivity index (χ3n) is 0.756. The zero-order valence-corrected chi connectivity index (χ0v) is 4.56. The molecular weight excluding hydrogens is 128 g/mol. The second-order valence-corrected chi connectivity index (χ2v) is 1.47. The Morgan fingerprint density at radius 3 is 1.89 bits per heavy atom. The van der Waals surface area contributed by atoms with Gasteiger partial charge in [0.15, 0.2) is 0 Å². The summed E-state index contributed by atoms with van der Waals surface area (Å²) in [5, 5.41) is 32.6. The lowest BCUT2D eigenvalue weighted by Crippen LogP contribution is -2.34. The van der Waals surface area contributed by atoms with Crippen molar-refractivity contribution in [3.8, 4) is 0 Å². The van der Waals surface area contributed by atoms with E-state index in [1.165, 1.54) is 0 Å². The number of rotatable bonds is 3. The number of hydrogen-bond acceptors (Lipinski definition) is 5. The van der Waals surface area contributed by atoms with Crippen molar-refractivity contribution in [2.24, 2.45) is 0 Å². The fourth-order valence-electron chi connectivity index (χ4n) is 0.262. The highest BCUT2D eigenvalue weighted by atomic mass is 16.5. The van der Waals surface area contributed by atoms with E-state index < -0.39 is 24.8 Å². The molecule has 0 radical (unpaired) electrons. The molecular formula is C4H8O5. The standard InChI is InChI=1S/C4H8O5/c5-1-2(6)3(7)4(8)9/h2,4-6,8-9H,1H2/t2-/m0/s1. The van der Waals surface area contributed by atoms with Crippen molar-refractivity contribution in [2.75, 3.05) is 6.61 Å². The summed E-state index contributed by atoms with van der Waals surface area (Å²) in [4.78, 5) is 10.2. The Hall–Kier alpha value is -0.490. The van der Waals surface area contributed by atoms with Gasteiger partial charge in [-0.1, -0.05) is 0 Å². The molecule has 5 nitrogen and oxygen atoms in total. The number of ketones is 1. The molecule has 0 aromatic heterocycles. The quantitative estimate of drug-likeness (QED) is 0.314. The number of carbonyl (C=O) groups is 1. The van der Waals surface area contributed by atoms with Crippen LogP contribution in [0, 0.1) is 0 Å². The van der Waals surface area contributed by atoms with Crippen molar-refractivity contribution in [3.05, 3.63) is 0 Å². The minimum atomic E-state index is -2.20. The summed E-state index contributed by atoms with van der Waals surface area (Å²) in [5.41, 5.74) is 0. The Morgan fingerprint density at radius 1 is 1.33 bits per heavy atom. The summed E-state index contributed by atoms with van der Waals surface area (Å²) >= 11 is 0. The van der Waals surface area contributed by atoms with E-state index in [9.17, 15) is 4.79 Å². The third-order valence-corrected chi connectivity index (χ3v) is 0.756. The Morgan fingerprint density at radius 2 is 1.78 bits per heavy atom. The Balaban J connectivity index is 3.73. The van der Waals surface area contributed by atoms with Gasteiger partial charge < -0.3 is 20.4 Å². The Labute approximate surface area is 51.2 Å². The molecule has 0 bridgehead atoms. The molecule has 0 heterocycles. The van der Waals surface area contributed by atoms with E-state index in [-0.39, 0.29) is 0 Å². The maximum atomic E-state index is 10.2. The molecule has 0 saturated heterocycles. The molecule has 5 heteroatoms. The molecule has 0 aromatic rings. The van der Waals surface area contributed by atoms with Crippen molar-refractivity contribution in [3.63, 3.8) is 0 Å². The van der Waals surface area contributed by atoms with Crippen LogP contribution in [0.2, 0.25) is 0 Å². The van der Waals surface area contributed by atoms with Crippen LogP contribution < -0.4 is 0 Å². The third kappa shape index (κ3) is 2.52. The first-order chi connectivity index (χ1) is 4.09. The van der Waals surface area contributed by atoms with Crippen molar-refractivity contribution in [1.82, 2.24) is 0 Å². The average molecular weight is 136 g/mol. The molecule has 0 aliphatic rings. The topological polar surface area (TPSA) is 98.0 Å². The van der Waals surface area contributed by atoms with Gasteiger partial charge in [0.25, 0.3) is 0 Å². The second-order valence-electron chi connectivity index (χ2n) is 1.47. The highest BCUT2D eigenvalue weighted by Gasteiger charge is 2.19. The molecule has 0 spiro atoms. The summed E-state index contributed by atoms with van der Waals surface area (Å²) in [6, 6.07) is 0. The van der Waals surface area contributed by atoms with Gasteiger partial charge in [0, 0.05) is 0 Å². The van der Waals surface area contributed by atoms with Crippen molar-refractivity contribution >= 4 is 5.78 Å². The number of aliphatic hydroxyl groups excluding tert-OH is 3. The van der Waals surface area contributed by atoms with Crippen LogP contribution >= 0.6 is 0 Å². The van der Waals surface area contributed by atoms with Crippen LogP contribution in [0.15, 0.2) is 0 Å². The molecule has 0 aliphatic heterocycles. The van der Waals surface area contributed by atoms with Crippen molar-refractivity contribution < 1.29 is 25.2 Å². The van der Waals surface area contributed by atoms with Gasteiger partial charge in [0.1, 0.15) is 6.10 Å². The lowest BCUT2D eigenvalue weighted by molar-refractivity contribution is -0.155. The fourth-order valence-corrected chi connectivity index (χ4v) is 0.262. The molecule has 1 atom stereocenters. The van der Waals surface area contributed by atoms with Gasteiger partial charge in [0.2, 0.25) is 12.1 Å². The molecule has 0 rings (SSSR count). The summed E-state index contributed by atoms with van der Waals surface area (Å²) in [5.74, 6) is -1.20. The number of Topliss-reactive ketones (excluding diaryl/α,β-unsaturated/α-hetero) is 1. The molecule has 0 amide bonds. The zero-order chi connectivity index (χ0) is 7.44. The summed E-state index contributed by atoms with van der Waals surface area (Å²) in [6.45, 7) is -0.795. The van der Waals surface area contributed by atoms with Crippen molar-refractivity contribution in [1.29, 1.82) is 0 Å². The van der Waals surface area contributed by atoms with Crippen LogP contribution in [-0.4, -0.2) is 45.2 Å². The van der Waals surface area contributed by atoms with E-state index in [1.807, 2.05) is 0 Å². The largest absolute Gasteiger partial charge is 0.393 e. The lowest BCUT2D eigenvalue weighted by Gasteiger charge is -2.05. The molecule has 0 saturated carbocycles. The van der Waals surface area contributed by atoms with E-state index in [2.05, 4.69) is 0 Å². The lowest BCUT2D eigenvalue weighted by atomic mass is 10.2. The minimum absolute atomic E-state index is 0.795. The predicted octanol–water partition coefficient (Wildman–Crippen LogP) is -2.78. The average Bonchev–Trinajstić information content (AvgIpc) is 1.84. The summed E-state index contributed by atoms with van der Waals surface area (Å²) in [7, 11) is 0. The zero-order valence-electron chi connectivity index (χ0n) is 4.56. The number of hydrogen-bond donors (Lipinski definition) is 4. The van der Waals surface area contributed by atoms with Crippen LogP contribution in [0.3, 0.4) is 0 Å². The van der Waals surface area contributed by atoms with Gasteiger partial charge in [-0.15, -0.1) is 0 Å². The Kier molecular flexibility index (Phi) is 3.33. The maximum absolute atomic E-state index is 10.2. The van der Waals surface area contributed by atoms with Gasteiger partial charge in [-0.2, -0.15) is 0 Å². The molecule has 0 fully saturated rings. The van der Waals surface area contributed by atoms with Crippen LogP contribution in [0.1, 0.15) is 0 Å². The minimum Gasteiger partial charge on any atom is -0.393 e. The smallest absolute Gasteiger partial charge is 0.218 e. The second kappa shape index (κ2) is 3.52. The van der Waals surface area contributed by atoms with E-state index >= 15 is 0 Å². The number of aliphatic hydroxyl groups is 4. The molecule has 4 N–H and O–H groups in total. The highest BCUT2D eigenvalue weighted by Crippen LogP contribution is 1.87. The van der Waals surface area contributed by atoms with Gasteiger partial charge in [-0.05, 0) is 0 Å². The molecule has 0 aromatic carbocycles.